The van der Waals surface area contributed by atoms with E-state index in [1.165, 1.54) is 29.5 Å². The van der Waals surface area contributed by atoms with E-state index in [0.29, 0.717) is 11.3 Å². The largest absolute Gasteiger partial charge is 0.321 e. The molecule has 0 bridgehead atoms. The molecule has 0 radical (unpaired) electrons. The molecule has 2 amide bonds. The molecule has 0 saturated heterocycles. The minimum absolute atomic E-state index is 0.0762. The zero-order valence-corrected chi connectivity index (χ0v) is 15.3. The van der Waals surface area contributed by atoms with Crippen LogP contribution >= 0.6 is 11.3 Å². The molecule has 1 aromatic heterocycles. The summed E-state index contributed by atoms with van der Waals surface area (Å²) in [6.07, 6.45) is 1.59. The number of nitrogens with one attached hydrogen (secondary N) is 2. The first-order chi connectivity index (χ1) is 13.0. The van der Waals surface area contributed by atoms with Crippen molar-refractivity contribution in [1.29, 1.82) is 0 Å². The molecule has 0 saturated carbocycles. The monoisotopic (exact) mass is 380 g/mol. The second kappa shape index (κ2) is 8.42. The first-order valence-corrected chi connectivity index (χ1v) is 9.09. The number of carbonyl (C=O) groups excluding carboxylic acids is 2. The van der Waals surface area contributed by atoms with Gasteiger partial charge in [0, 0.05) is 16.1 Å². The molecular weight excluding hydrogens is 363 g/mol. The van der Waals surface area contributed by atoms with E-state index in [2.05, 4.69) is 10.6 Å². The average molecular weight is 380 g/mol. The standard InChI is InChI=1S/C21H17FN2O2S/c1-14-7-9-15(10-8-14)20(25)24-19(13-18-6-3-11-27-18)21(26)23-17-5-2-4-16(22)12-17/h2-13H,1H3,(H,23,26)(H,24,25)/b19-13+. The molecule has 27 heavy (non-hydrogen) atoms. The van der Waals surface area contributed by atoms with Crippen LogP contribution in [0.3, 0.4) is 0 Å². The number of benzene rings is 2. The maximum absolute atomic E-state index is 13.4. The van der Waals surface area contributed by atoms with E-state index in [-0.39, 0.29) is 5.70 Å². The SMILES string of the molecule is Cc1ccc(C(=O)N/C(=C/c2cccs2)C(=O)Nc2cccc(F)c2)cc1. The molecular formula is C21H17FN2O2S. The first kappa shape index (κ1) is 18.5. The fourth-order valence-electron chi connectivity index (χ4n) is 2.34. The number of hydrogen-bond acceptors (Lipinski definition) is 3. The Morgan fingerprint density at radius 2 is 1.81 bits per heavy atom. The van der Waals surface area contributed by atoms with Crippen LogP contribution in [-0.4, -0.2) is 11.8 Å². The molecule has 0 aliphatic carbocycles. The number of rotatable bonds is 5. The highest BCUT2D eigenvalue weighted by Gasteiger charge is 2.15. The summed E-state index contributed by atoms with van der Waals surface area (Å²) in [7, 11) is 0. The van der Waals surface area contributed by atoms with Crippen molar-refractivity contribution in [2.45, 2.75) is 6.92 Å². The Labute approximate surface area is 160 Å². The van der Waals surface area contributed by atoms with Crippen LogP contribution in [0, 0.1) is 12.7 Å². The summed E-state index contributed by atoms with van der Waals surface area (Å²) in [4.78, 5) is 26.0. The quantitative estimate of drug-likeness (QED) is 0.635. The summed E-state index contributed by atoms with van der Waals surface area (Å²) in [5, 5.41) is 7.12. The minimum atomic E-state index is -0.533. The predicted octanol–water partition coefficient (Wildman–Crippen LogP) is 4.61. The van der Waals surface area contributed by atoms with Gasteiger partial charge in [0.25, 0.3) is 11.8 Å². The van der Waals surface area contributed by atoms with Crippen molar-refractivity contribution in [3.8, 4) is 0 Å². The third-order valence-corrected chi connectivity index (χ3v) is 4.54. The topological polar surface area (TPSA) is 58.2 Å². The van der Waals surface area contributed by atoms with Gasteiger partial charge in [-0.05, 0) is 54.8 Å². The molecule has 0 fully saturated rings. The van der Waals surface area contributed by atoms with Crippen molar-refractivity contribution in [3.63, 3.8) is 0 Å². The summed E-state index contributed by atoms with van der Waals surface area (Å²) in [5.41, 5.74) is 1.86. The van der Waals surface area contributed by atoms with Gasteiger partial charge >= 0.3 is 0 Å². The van der Waals surface area contributed by atoms with Gasteiger partial charge in [-0.15, -0.1) is 11.3 Å². The number of anilines is 1. The fourth-order valence-corrected chi connectivity index (χ4v) is 3.00. The Balaban J connectivity index is 1.83. The first-order valence-electron chi connectivity index (χ1n) is 8.21. The Bertz CT molecular complexity index is 980. The molecule has 2 aromatic carbocycles. The molecule has 0 aliphatic rings. The Morgan fingerprint density at radius 3 is 2.48 bits per heavy atom. The van der Waals surface area contributed by atoms with Gasteiger partial charge in [0.1, 0.15) is 11.5 Å². The van der Waals surface area contributed by atoms with Gasteiger partial charge < -0.3 is 10.6 Å². The number of hydrogen-bond donors (Lipinski definition) is 2. The summed E-state index contributed by atoms with van der Waals surface area (Å²) in [6.45, 7) is 1.93. The van der Waals surface area contributed by atoms with Crippen LogP contribution < -0.4 is 10.6 Å². The number of thiophene rings is 1. The lowest BCUT2D eigenvalue weighted by Gasteiger charge is -2.11. The van der Waals surface area contributed by atoms with Crippen LogP contribution in [0.2, 0.25) is 0 Å². The van der Waals surface area contributed by atoms with Crippen LogP contribution in [0.5, 0.6) is 0 Å². The Hall–Kier alpha value is -3.25. The van der Waals surface area contributed by atoms with E-state index in [9.17, 15) is 14.0 Å². The van der Waals surface area contributed by atoms with E-state index >= 15 is 0 Å². The molecule has 1 heterocycles. The van der Waals surface area contributed by atoms with E-state index in [1.54, 1.807) is 24.3 Å². The van der Waals surface area contributed by atoms with E-state index in [0.717, 1.165) is 10.4 Å². The van der Waals surface area contributed by atoms with Crippen LogP contribution in [0.1, 0.15) is 20.8 Å². The van der Waals surface area contributed by atoms with Crippen molar-refractivity contribution < 1.29 is 14.0 Å². The zero-order valence-electron chi connectivity index (χ0n) is 14.5. The third kappa shape index (κ3) is 5.12. The lowest BCUT2D eigenvalue weighted by atomic mass is 10.1. The highest BCUT2D eigenvalue weighted by atomic mass is 32.1. The van der Waals surface area contributed by atoms with Crippen molar-refractivity contribution in [3.05, 3.63) is 93.6 Å². The van der Waals surface area contributed by atoms with Gasteiger partial charge in [-0.3, -0.25) is 9.59 Å². The van der Waals surface area contributed by atoms with Gasteiger partial charge in [0.2, 0.25) is 0 Å². The molecule has 6 heteroatoms. The zero-order chi connectivity index (χ0) is 19.2. The summed E-state index contributed by atoms with van der Waals surface area (Å²) >= 11 is 1.43. The molecule has 3 aromatic rings. The molecule has 4 nitrogen and oxygen atoms in total. The van der Waals surface area contributed by atoms with Crippen LogP contribution in [0.15, 0.2) is 71.7 Å². The van der Waals surface area contributed by atoms with Crippen molar-refractivity contribution >= 4 is 34.9 Å². The Morgan fingerprint density at radius 1 is 1.04 bits per heavy atom. The Kier molecular flexibility index (Phi) is 5.78. The highest BCUT2D eigenvalue weighted by Crippen LogP contribution is 2.15. The van der Waals surface area contributed by atoms with Crippen molar-refractivity contribution in [2.75, 3.05) is 5.32 Å². The third-order valence-electron chi connectivity index (χ3n) is 3.72. The summed E-state index contributed by atoms with van der Waals surface area (Å²) in [6, 6.07) is 16.3. The second-order valence-corrected chi connectivity index (χ2v) is 6.84. The lowest BCUT2D eigenvalue weighted by molar-refractivity contribution is -0.113. The molecule has 3 rings (SSSR count). The molecule has 0 aliphatic heterocycles. The molecule has 0 unspecified atom stereocenters. The maximum Gasteiger partial charge on any atom is 0.272 e. The van der Waals surface area contributed by atoms with Gasteiger partial charge in [-0.2, -0.15) is 0 Å². The van der Waals surface area contributed by atoms with Crippen molar-refractivity contribution in [2.24, 2.45) is 0 Å². The normalized spacial score (nSPS) is 11.1. The smallest absolute Gasteiger partial charge is 0.272 e. The van der Waals surface area contributed by atoms with E-state index < -0.39 is 17.6 Å². The maximum atomic E-state index is 13.4. The molecule has 0 spiro atoms. The summed E-state index contributed by atoms with van der Waals surface area (Å²) in [5.74, 6) is -1.39. The fraction of sp³-hybridized carbons (Fsp3) is 0.0476. The van der Waals surface area contributed by atoms with E-state index in [4.69, 9.17) is 0 Å². The van der Waals surface area contributed by atoms with Crippen LogP contribution in [0.25, 0.3) is 6.08 Å². The lowest BCUT2D eigenvalue weighted by Crippen LogP contribution is -2.30. The van der Waals surface area contributed by atoms with Crippen LogP contribution in [-0.2, 0) is 4.79 Å². The second-order valence-electron chi connectivity index (χ2n) is 5.86. The van der Waals surface area contributed by atoms with Gasteiger partial charge in [-0.1, -0.05) is 29.8 Å². The number of amides is 2. The van der Waals surface area contributed by atoms with Crippen molar-refractivity contribution in [1.82, 2.24) is 5.32 Å². The summed E-state index contributed by atoms with van der Waals surface area (Å²) < 4.78 is 13.4. The molecule has 0 atom stereocenters. The minimum Gasteiger partial charge on any atom is -0.321 e. The average Bonchev–Trinajstić information content (AvgIpc) is 3.15. The molecule has 136 valence electrons. The van der Waals surface area contributed by atoms with E-state index in [1.807, 2.05) is 36.6 Å². The number of halogens is 1. The molecule has 2 N–H and O–H groups in total. The predicted molar refractivity (Wildman–Crippen MR) is 106 cm³/mol. The van der Waals surface area contributed by atoms with Gasteiger partial charge in [0.05, 0.1) is 0 Å². The van der Waals surface area contributed by atoms with Gasteiger partial charge in [0.15, 0.2) is 0 Å². The highest BCUT2D eigenvalue weighted by molar-refractivity contribution is 7.10. The number of carbonyl (C=O) groups is 2. The van der Waals surface area contributed by atoms with Crippen LogP contribution in [0.4, 0.5) is 10.1 Å². The van der Waals surface area contributed by atoms with Gasteiger partial charge in [-0.25, -0.2) is 4.39 Å². The number of aryl methyl sites for hydroxylation is 1.